The third-order valence-corrected chi connectivity index (χ3v) is 7.75. The number of amides is 1. The molecule has 1 saturated heterocycles. The van der Waals surface area contributed by atoms with Crippen LogP contribution in [0.2, 0.25) is 0 Å². The predicted octanol–water partition coefficient (Wildman–Crippen LogP) is 4.10. The first-order valence-corrected chi connectivity index (χ1v) is 11.9. The first-order chi connectivity index (χ1) is 15.6. The van der Waals surface area contributed by atoms with Crippen molar-refractivity contribution in [3.8, 4) is 5.75 Å². The van der Waals surface area contributed by atoms with Crippen molar-refractivity contribution in [2.75, 3.05) is 13.1 Å². The van der Waals surface area contributed by atoms with Gasteiger partial charge in [0.25, 0.3) is 0 Å². The van der Waals surface area contributed by atoms with E-state index in [9.17, 15) is 26.4 Å². The summed E-state index contributed by atoms with van der Waals surface area (Å²) >= 11 is 0. The number of carbonyl (C=O) groups excluding carboxylic acids is 1. The molecule has 1 aliphatic carbocycles. The average Bonchev–Trinajstić information content (AvgIpc) is 3.54. The quantitative estimate of drug-likeness (QED) is 0.632. The minimum atomic E-state index is -4.84. The standard InChI is InChI=1S/C23H23F3N2O4S/c24-23(25,26)32-19-6-8-20(9-7-19)33(30,31)28-14-10-17(11-15-28)16-21(29)27-22(12-13-22)18-4-2-1-3-5-18/h1-9,16H,10-15H2,(H,27,29). The molecular weight excluding hydrogens is 457 g/mol. The Balaban J connectivity index is 1.35. The molecule has 0 radical (unpaired) electrons. The molecule has 1 N–H and O–H groups in total. The number of piperidine rings is 1. The first kappa shape index (κ1) is 23.3. The Hall–Kier alpha value is -2.85. The number of rotatable bonds is 6. The normalized spacial score (nSPS) is 18.5. The maximum atomic E-state index is 12.8. The van der Waals surface area contributed by atoms with Crippen LogP contribution >= 0.6 is 0 Å². The van der Waals surface area contributed by atoms with Gasteiger partial charge in [0, 0.05) is 19.2 Å². The second-order valence-electron chi connectivity index (χ2n) is 8.16. The summed E-state index contributed by atoms with van der Waals surface area (Å²) in [7, 11) is -3.86. The molecule has 1 heterocycles. The number of carbonyl (C=O) groups is 1. The van der Waals surface area contributed by atoms with Crippen molar-refractivity contribution in [2.24, 2.45) is 0 Å². The van der Waals surface area contributed by atoms with E-state index in [1.807, 2.05) is 30.3 Å². The maximum Gasteiger partial charge on any atom is 0.573 e. The van der Waals surface area contributed by atoms with Gasteiger partial charge in [0.05, 0.1) is 10.4 Å². The van der Waals surface area contributed by atoms with Crippen LogP contribution in [0.1, 0.15) is 31.2 Å². The van der Waals surface area contributed by atoms with E-state index < -0.39 is 22.1 Å². The maximum absolute atomic E-state index is 12.8. The fourth-order valence-electron chi connectivity index (χ4n) is 3.95. The van der Waals surface area contributed by atoms with Gasteiger partial charge in [-0.25, -0.2) is 8.42 Å². The molecule has 4 rings (SSSR count). The van der Waals surface area contributed by atoms with Crippen molar-refractivity contribution >= 4 is 15.9 Å². The highest BCUT2D eigenvalue weighted by Gasteiger charge is 2.45. The highest BCUT2D eigenvalue weighted by atomic mass is 32.2. The SMILES string of the molecule is O=C(C=C1CCN(S(=O)(=O)c2ccc(OC(F)(F)F)cc2)CC1)NC1(c2ccccc2)CC1. The zero-order chi connectivity index (χ0) is 23.7. The van der Waals surface area contributed by atoms with Crippen LogP contribution in [0.15, 0.2) is 71.1 Å². The number of sulfonamides is 1. The van der Waals surface area contributed by atoms with E-state index in [0.29, 0.717) is 12.8 Å². The number of alkyl halides is 3. The molecular formula is C23H23F3N2O4S. The molecule has 33 heavy (non-hydrogen) atoms. The number of hydrogen-bond donors (Lipinski definition) is 1. The number of ether oxygens (including phenoxy) is 1. The van der Waals surface area contributed by atoms with Crippen molar-refractivity contribution in [1.82, 2.24) is 9.62 Å². The third-order valence-electron chi connectivity index (χ3n) is 5.83. The lowest BCUT2D eigenvalue weighted by atomic mass is 10.0. The fourth-order valence-corrected chi connectivity index (χ4v) is 5.39. The van der Waals surface area contributed by atoms with Crippen LogP contribution in [0.4, 0.5) is 13.2 Å². The van der Waals surface area contributed by atoms with Gasteiger partial charge in [-0.15, -0.1) is 13.2 Å². The molecule has 1 aliphatic heterocycles. The molecule has 0 aromatic heterocycles. The zero-order valence-corrected chi connectivity index (χ0v) is 18.5. The summed E-state index contributed by atoms with van der Waals surface area (Å²) in [5, 5.41) is 3.08. The molecule has 0 unspecified atom stereocenters. The minimum Gasteiger partial charge on any atom is -0.406 e. The number of nitrogens with zero attached hydrogens (tertiary/aromatic N) is 1. The average molecular weight is 481 g/mol. The minimum absolute atomic E-state index is 0.110. The van der Waals surface area contributed by atoms with Gasteiger partial charge >= 0.3 is 6.36 Å². The molecule has 1 amide bonds. The van der Waals surface area contributed by atoms with E-state index in [2.05, 4.69) is 10.1 Å². The summed E-state index contributed by atoms with van der Waals surface area (Å²) in [6, 6.07) is 13.9. The summed E-state index contributed by atoms with van der Waals surface area (Å²) in [5.74, 6) is -0.678. The lowest BCUT2D eigenvalue weighted by molar-refractivity contribution is -0.274. The number of halogens is 3. The molecule has 10 heteroatoms. The van der Waals surface area contributed by atoms with Gasteiger partial charge in [0.15, 0.2) is 0 Å². The van der Waals surface area contributed by atoms with Gasteiger partial charge in [-0.05, 0) is 55.5 Å². The number of nitrogens with one attached hydrogen (secondary N) is 1. The van der Waals surface area contributed by atoms with Crippen molar-refractivity contribution in [1.29, 1.82) is 0 Å². The molecule has 6 nitrogen and oxygen atoms in total. The van der Waals surface area contributed by atoms with Crippen LogP contribution in [-0.4, -0.2) is 38.1 Å². The highest BCUT2D eigenvalue weighted by molar-refractivity contribution is 7.89. The largest absolute Gasteiger partial charge is 0.573 e. The zero-order valence-electron chi connectivity index (χ0n) is 17.6. The Kier molecular flexibility index (Phi) is 6.24. The molecule has 2 aliphatic rings. The Morgan fingerprint density at radius 2 is 1.61 bits per heavy atom. The molecule has 0 spiro atoms. The van der Waals surface area contributed by atoms with E-state index in [0.717, 1.165) is 48.2 Å². The Labute approximate surface area is 190 Å². The van der Waals surface area contributed by atoms with Crippen LogP contribution in [0.25, 0.3) is 0 Å². The molecule has 176 valence electrons. The Morgan fingerprint density at radius 1 is 1.00 bits per heavy atom. The summed E-state index contributed by atoms with van der Waals surface area (Å²) < 4.78 is 67.6. The van der Waals surface area contributed by atoms with Crippen molar-refractivity contribution in [2.45, 2.75) is 42.5 Å². The molecule has 2 aromatic carbocycles. The number of hydrogen-bond acceptors (Lipinski definition) is 4. The van der Waals surface area contributed by atoms with E-state index in [-0.39, 0.29) is 29.4 Å². The second-order valence-corrected chi connectivity index (χ2v) is 10.1. The summed E-state index contributed by atoms with van der Waals surface area (Å²) in [5.41, 5.74) is 1.61. The van der Waals surface area contributed by atoms with Crippen molar-refractivity contribution in [3.05, 3.63) is 71.8 Å². The first-order valence-electron chi connectivity index (χ1n) is 10.5. The van der Waals surface area contributed by atoms with Crippen LogP contribution in [0.3, 0.4) is 0 Å². The fraction of sp³-hybridized carbons (Fsp3) is 0.348. The van der Waals surface area contributed by atoms with E-state index in [1.165, 1.54) is 4.31 Å². The van der Waals surface area contributed by atoms with E-state index in [4.69, 9.17) is 0 Å². The van der Waals surface area contributed by atoms with Crippen molar-refractivity contribution in [3.63, 3.8) is 0 Å². The molecule has 2 aromatic rings. The third kappa shape index (κ3) is 5.56. The molecule has 1 saturated carbocycles. The topological polar surface area (TPSA) is 75.7 Å². The van der Waals surface area contributed by atoms with Crippen LogP contribution in [0, 0.1) is 0 Å². The number of benzene rings is 2. The highest BCUT2D eigenvalue weighted by Crippen LogP contribution is 2.45. The molecule has 2 fully saturated rings. The van der Waals surface area contributed by atoms with Crippen LogP contribution < -0.4 is 10.1 Å². The van der Waals surface area contributed by atoms with Gasteiger partial charge in [0.2, 0.25) is 15.9 Å². The lowest BCUT2D eigenvalue weighted by Crippen LogP contribution is -2.37. The monoisotopic (exact) mass is 480 g/mol. The van der Waals surface area contributed by atoms with Crippen LogP contribution in [-0.2, 0) is 20.4 Å². The second kappa shape index (κ2) is 8.83. The Morgan fingerprint density at radius 3 is 2.15 bits per heavy atom. The van der Waals surface area contributed by atoms with Gasteiger partial charge in [-0.1, -0.05) is 35.9 Å². The summed E-state index contributed by atoms with van der Waals surface area (Å²) in [4.78, 5) is 12.4. The summed E-state index contributed by atoms with van der Waals surface area (Å²) in [6.07, 6.45) is -0.727. The Bertz CT molecular complexity index is 1130. The van der Waals surface area contributed by atoms with Gasteiger partial charge < -0.3 is 10.1 Å². The molecule has 0 atom stereocenters. The van der Waals surface area contributed by atoms with Crippen molar-refractivity contribution < 1.29 is 31.1 Å². The van der Waals surface area contributed by atoms with E-state index >= 15 is 0 Å². The van der Waals surface area contributed by atoms with Gasteiger partial charge in [-0.2, -0.15) is 4.31 Å². The van der Waals surface area contributed by atoms with Gasteiger partial charge in [0.1, 0.15) is 5.75 Å². The molecule has 0 bridgehead atoms. The lowest BCUT2D eigenvalue weighted by Gasteiger charge is -2.28. The summed E-state index contributed by atoms with van der Waals surface area (Å²) in [6.45, 7) is 0.373. The van der Waals surface area contributed by atoms with Gasteiger partial charge in [-0.3, -0.25) is 4.79 Å². The predicted molar refractivity (Wildman–Crippen MR) is 115 cm³/mol. The van der Waals surface area contributed by atoms with Crippen LogP contribution in [0.5, 0.6) is 5.75 Å². The van der Waals surface area contributed by atoms with E-state index in [1.54, 1.807) is 6.08 Å². The smallest absolute Gasteiger partial charge is 0.406 e.